The molecule has 0 bridgehead atoms. The molecule has 9 heteroatoms. The van der Waals surface area contributed by atoms with Crippen molar-refractivity contribution in [2.45, 2.75) is 44.5 Å². The number of halogens is 5. The van der Waals surface area contributed by atoms with Crippen molar-refractivity contribution < 1.29 is 22.3 Å². The molecule has 0 aliphatic carbocycles. The van der Waals surface area contributed by atoms with Gasteiger partial charge in [-0.05, 0) is 50.5 Å². The molecule has 0 radical (unpaired) electrons. The number of ether oxygens (including phenoxy) is 1. The molecule has 1 N–H and O–H groups in total. The third kappa shape index (κ3) is 5.08. The molecule has 0 unspecified atom stereocenters. The van der Waals surface area contributed by atoms with Crippen LogP contribution in [-0.4, -0.2) is 66.0 Å². The normalized spacial score (nSPS) is 19.5. The van der Waals surface area contributed by atoms with Gasteiger partial charge in [-0.1, -0.05) is 11.6 Å². The van der Waals surface area contributed by atoms with Gasteiger partial charge in [0.25, 0.3) is 0 Å². The third-order valence-electron chi connectivity index (χ3n) is 6.93. The Balaban J connectivity index is 1.48. The van der Waals surface area contributed by atoms with E-state index < -0.39 is 23.3 Å². The number of alkyl halides is 2. The molecule has 0 spiro atoms. The van der Waals surface area contributed by atoms with Crippen molar-refractivity contribution in [1.82, 2.24) is 14.8 Å². The highest BCUT2D eigenvalue weighted by Gasteiger charge is 2.38. The molecule has 2 aliphatic heterocycles. The van der Waals surface area contributed by atoms with Gasteiger partial charge in [-0.15, -0.1) is 0 Å². The molecule has 194 valence electrons. The van der Waals surface area contributed by atoms with Gasteiger partial charge in [0.2, 0.25) is 0 Å². The molecule has 5 rings (SSSR count). The maximum atomic E-state index is 15.6. The Morgan fingerprint density at radius 3 is 2.53 bits per heavy atom. The quantitative estimate of drug-likeness (QED) is 0.356. The number of nitrogens with one attached hydrogen (secondary N) is 1. The van der Waals surface area contributed by atoms with E-state index in [9.17, 15) is 8.78 Å². The summed E-state index contributed by atoms with van der Waals surface area (Å²) in [4.78, 5) is 7.15. The highest BCUT2D eigenvalue weighted by atomic mass is 35.5. The van der Waals surface area contributed by atoms with Crippen molar-refractivity contribution in [2.75, 3.05) is 39.4 Å². The molecule has 3 heterocycles. The summed E-state index contributed by atoms with van der Waals surface area (Å²) >= 11 is 6.22. The summed E-state index contributed by atoms with van der Waals surface area (Å²) in [5.74, 6) is -1.37. The van der Waals surface area contributed by atoms with Crippen molar-refractivity contribution >= 4 is 22.5 Å². The minimum absolute atomic E-state index is 0.0150. The SMILES string of the molecule is CC(C)(F)CN1CCc2c([nH]c3ccc(Cl)cc23)[C@@H]1c1c(F)cc(OC2CN(CCCF)C2)cc1F. The van der Waals surface area contributed by atoms with Gasteiger partial charge in [0.15, 0.2) is 0 Å². The van der Waals surface area contributed by atoms with Crippen molar-refractivity contribution in [3.63, 3.8) is 0 Å². The number of hydrogen-bond donors (Lipinski definition) is 1. The first-order valence-electron chi connectivity index (χ1n) is 12.3. The fraction of sp³-hybridized carbons (Fsp3) is 0.481. The van der Waals surface area contributed by atoms with Crippen LogP contribution in [0.5, 0.6) is 5.75 Å². The largest absolute Gasteiger partial charge is 0.488 e. The van der Waals surface area contributed by atoms with E-state index in [1.54, 1.807) is 11.0 Å². The summed E-state index contributed by atoms with van der Waals surface area (Å²) < 4.78 is 64.1. The Hall–Kier alpha value is -2.29. The maximum Gasteiger partial charge on any atom is 0.135 e. The first-order valence-corrected chi connectivity index (χ1v) is 12.7. The van der Waals surface area contributed by atoms with Crippen LogP contribution in [0, 0.1) is 11.6 Å². The number of fused-ring (bicyclic) bond motifs is 3. The van der Waals surface area contributed by atoms with Gasteiger partial charge in [0, 0.05) is 72.0 Å². The number of nitrogens with zero attached hydrogens (tertiary/aromatic N) is 2. The number of H-pyrrole nitrogens is 1. The Morgan fingerprint density at radius 2 is 1.86 bits per heavy atom. The van der Waals surface area contributed by atoms with E-state index in [1.165, 1.54) is 26.0 Å². The summed E-state index contributed by atoms with van der Waals surface area (Å²) in [7, 11) is 0. The fourth-order valence-electron chi connectivity index (χ4n) is 5.44. The number of rotatable bonds is 8. The number of aromatic amines is 1. The van der Waals surface area contributed by atoms with E-state index in [0.717, 1.165) is 16.5 Å². The molecule has 0 saturated carbocycles. The first-order chi connectivity index (χ1) is 17.1. The van der Waals surface area contributed by atoms with Gasteiger partial charge < -0.3 is 9.72 Å². The zero-order valence-corrected chi connectivity index (χ0v) is 21.1. The minimum atomic E-state index is -1.56. The zero-order chi connectivity index (χ0) is 25.6. The topological polar surface area (TPSA) is 31.5 Å². The molecule has 2 aliphatic rings. The lowest BCUT2D eigenvalue weighted by molar-refractivity contribution is 0.0180. The molecular formula is C27H30ClF4N3O. The van der Waals surface area contributed by atoms with Gasteiger partial charge in [-0.3, -0.25) is 14.2 Å². The predicted molar refractivity (Wildman–Crippen MR) is 133 cm³/mol. The second-order valence-corrected chi connectivity index (χ2v) is 10.8. The van der Waals surface area contributed by atoms with E-state index in [2.05, 4.69) is 4.98 Å². The van der Waals surface area contributed by atoms with Crippen LogP contribution in [-0.2, 0) is 6.42 Å². The summed E-state index contributed by atoms with van der Waals surface area (Å²) in [5.41, 5.74) is 0.714. The van der Waals surface area contributed by atoms with Crippen molar-refractivity contribution in [1.29, 1.82) is 0 Å². The fourth-order valence-corrected chi connectivity index (χ4v) is 5.61. The van der Waals surface area contributed by atoms with Gasteiger partial charge in [0.05, 0.1) is 12.7 Å². The number of aromatic nitrogens is 1. The number of benzene rings is 2. The molecular weight excluding hydrogens is 494 g/mol. The molecule has 36 heavy (non-hydrogen) atoms. The predicted octanol–water partition coefficient (Wildman–Crippen LogP) is 6.22. The highest BCUT2D eigenvalue weighted by molar-refractivity contribution is 6.31. The number of likely N-dealkylation sites (tertiary alicyclic amines) is 1. The van der Waals surface area contributed by atoms with Gasteiger partial charge >= 0.3 is 0 Å². The van der Waals surface area contributed by atoms with Crippen LogP contribution in [0.4, 0.5) is 17.6 Å². The minimum Gasteiger partial charge on any atom is -0.488 e. The molecule has 3 aromatic rings. The van der Waals surface area contributed by atoms with E-state index in [0.29, 0.717) is 49.7 Å². The van der Waals surface area contributed by atoms with E-state index >= 15 is 8.78 Å². The van der Waals surface area contributed by atoms with Crippen LogP contribution in [0.3, 0.4) is 0 Å². The molecule has 2 aromatic carbocycles. The highest BCUT2D eigenvalue weighted by Crippen LogP contribution is 2.42. The van der Waals surface area contributed by atoms with Gasteiger partial charge in [-0.2, -0.15) is 0 Å². The Morgan fingerprint density at radius 1 is 1.14 bits per heavy atom. The molecule has 1 saturated heterocycles. The zero-order valence-electron chi connectivity index (χ0n) is 20.4. The molecule has 0 amide bonds. The van der Waals surface area contributed by atoms with Crippen LogP contribution in [0.15, 0.2) is 30.3 Å². The van der Waals surface area contributed by atoms with Crippen LogP contribution < -0.4 is 4.74 Å². The summed E-state index contributed by atoms with van der Waals surface area (Å²) in [6.07, 6.45) is 0.867. The Labute approximate surface area is 213 Å². The smallest absolute Gasteiger partial charge is 0.135 e. The van der Waals surface area contributed by atoms with E-state index in [-0.39, 0.29) is 30.6 Å². The molecule has 1 aromatic heterocycles. The Kier molecular flexibility index (Phi) is 6.96. The van der Waals surface area contributed by atoms with E-state index in [1.807, 2.05) is 17.0 Å². The third-order valence-corrected chi connectivity index (χ3v) is 7.16. The summed E-state index contributed by atoms with van der Waals surface area (Å²) in [6, 6.07) is 7.02. The molecule has 1 fully saturated rings. The Bertz CT molecular complexity index is 1230. The van der Waals surface area contributed by atoms with Crippen molar-refractivity contribution in [3.05, 3.63) is 63.8 Å². The average Bonchev–Trinajstić information content (AvgIpc) is 3.12. The van der Waals surface area contributed by atoms with Crippen LogP contribution >= 0.6 is 11.6 Å². The van der Waals surface area contributed by atoms with Gasteiger partial charge in [0.1, 0.15) is 29.2 Å². The summed E-state index contributed by atoms with van der Waals surface area (Å²) in [5, 5.41) is 1.48. The average molecular weight is 524 g/mol. The lowest BCUT2D eigenvalue weighted by Gasteiger charge is -2.39. The second-order valence-electron chi connectivity index (χ2n) is 10.4. The lowest BCUT2D eigenvalue weighted by Crippen LogP contribution is -2.53. The van der Waals surface area contributed by atoms with Crippen molar-refractivity contribution in [3.8, 4) is 5.75 Å². The molecule has 4 nitrogen and oxygen atoms in total. The monoisotopic (exact) mass is 523 g/mol. The van der Waals surface area contributed by atoms with Gasteiger partial charge in [-0.25, -0.2) is 13.2 Å². The summed E-state index contributed by atoms with van der Waals surface area (Å²) in [6.45, 7) is 4.83. The van der Waals surface area contributed by atoms with E-state index in [4.69, 9.17) is 16.3 Å². The van der Waals surface area contributed by atoms with Crippen molar-refractivity contribution in [2.24, 2.45) is 0 Å². The lowest BCUT2D eigenvalue weighted by atomic mass is 9.90. The standard InChI is InChI=1S/C27H30ClF4N3O/c1-27(2,32)15-35-9-6-19-20-10-16(28)4-5-23(20)33-25(19)26(35)24-21(30)11-17(12-22(24)31)36-18-13-34(14-18)8-3-7-29/h4-5,10-12,18,26,33H,3,6-9,13-15H2,1-2H3/t26-/m0/s1. The number of hydrogen-bond acceptors (Lipinski definition) is 3. The maximum absolute atomic E-state index is 15.6. The molecule has 1 atom stereocenters. The second kappa shape index (κ2) is 9.88. The van der Waals surface area contributed by atoms with Crippen LogP contribution in [0.2, 0.25) is 5.02 Å². The van der Waals surface area contributed by atoms with Crippen LogP contribution in [0.25, 0.3) is 10.9 Å². The first kappa shape index (κ1) is 25.4. The van der Waals surface area contributed by atoms with Crippen LogP contribution in [0.1, 0.15) is 43.1 Å².